The number of ether oxygens (including phenoxy) is 1. The highest BCUT2D eigenvalue weighted by molar-refractivity contribution is 5.72. The summed E-state index contributed by atoms with van der Waals surface area (Å²) >= 11 is 0. The lowest BCUT2D eigenvalue weighted by Crippen LogP contribution is -2.32. The quantitative estimate of drug-likeness (QED) is 0.625. The Morgan fingerprint density at radius 3 is 2.62 bits per heavy atom. The molecule has 3 heteroatoms. The van der Waals surface area contributed by atoms with Crippen molar-refractivity contribution in [2.24, 2.45) is 11.8 Å². The third-order valence-corrected chi connectivity index (χ3v) is 3.70. The molecule has 16 heavy (non-hydrogen) atoms. The molecule has 1 rings (SSSR count). The molecule has 0 aromatic carbocycles. The highest BCUT2D eigenvalue weighted by Gasteiger charge is 2.21. The fourth-order valence-corrected chi connectivity index (χ4v) is 2.19. The fourth-order valence-electron chi connectivity index (χ4n) is 2.19. The summed E-state index contributed by atoms with van der Waals surface area (Å²) in [5.74, 6) is 0.912. The minimum absolute atomic E-state index is 0.0383. The number of carbonyl (C=O) groups is 1. The minimum atomic E-state index is -0.0713. The fraction of sp³-hybridized carbons (Fsp3) is 0.923. The molecule has 0 bridgehead atoms. The van der Waals surface area contributed by atoms with Crippen molar-refractivity contribution in [2.75, 3.05) is 27.2 Å². The van der Waals surface area contributed by atoms with Gasteiger partial charge in [0.05, 0.1) is 13.0 Å². The highest BCUT2D eigenvalue weighted by atomic mass is 16.5. The molecule has 0 heterocycles. The second-order valence-electron chi connectivity index (χ2n) is 4.98. The maximum atomic E-state index is 11.4. The van der Waals surface area contributed by atoms with E-state index in [0.29, 0.717) is 0 Å². The largest absolute Gasteiger partial charge is 0.469 e. The summed E-state index contributed by atoms with van der Waals surface area (Å²) in [7, 11) is 3.57. The number of hydrogen-bond acceptors (Lipinski definition) is 3. The van der Waals surface area contributed by atoms with Crippen molar-refractivity contribution in [2.45, 2.75) is 39.0 Å². The van der Waals surface area contributed by atoms with Crippen LogP contribution in [0.5, 0.6) is 0 Å². The lowest BCUT2D eigenvalue weighted by atomic mass is 9.83. The van der Waals surface area contributed by atoms with Crippen molar-refractivity contribution in [1.29, 1.82) is 0 Å². The van der Waals surface area contributed by atoms with Gasteiger partial charge in [-0.2, -0.15) is 0 Å². The molecular formula is C13H25NO2. The van der Waals surface area contributed by atoms with Crippen LogP contribution < -0.4 is 0 Å². The number of hydrogen-bond donors (Lipinski definition) is 0. The summed E-state index contributed by atoms with van der Waals surface area (Å²) < 4.78 is 4.80. The van der Waals surface area contributed by atoms with Gasteiger partial charge >= 0.3 is 5.97 Å². The van der Waals surface area contributed by atoms with Crippen LogP contribution >= 0.6 is 0 Å². The molecule has 1 aliphatic carbocycles. The van der Waals surface area contributed by atoms with Crippen LogP contribution in [0.3, 0.4) is 0 Å². The Bertz CT molecular complexity index is 214. The molecule has 0 spiro atoms. The normalized spacial score (nSPS) is 18.2. The summed E-state index contributed by atoms with van der Waals surface area (Å²) in [6, 6.07) is 0. The standard InChI is InChI=1S/C13H25NO2/c1-4-12(13(15)16-3)10-14(2)9-8-11-6-5-7-11/h11-12H,4-10H2,1-3H3. The first-order valence-corrected chi connectivity index (χ1v) is 6.43. The van der Waals surface area contributed by atoms with E-state index in [2.05, 4.69) is 11.9 Å². The van der Waals surface area contributed by atoms with Crippen LogP contribution in [-0.4, -0.2) is 38.1 Å². The van der Waals surface area contributed by atoms with Gasteiger partial charge in [0.15, 0.2) is 0 Å². The van der Waals surface area contributed by atoms with E-state index in [1.165, 1.54) is 32.8 Å². The molecule has 1 atom stereocenters. The van der Waals surface area contributed by atoms with Crippen molar-refractivity contribution >= 4 is 5.97 Å². The molecule has 0 amide bonds. The van der Waals surface area contributed by atoms with Gasteiger partial charge in [-0.3, -0.25) is 4.79 Å². The Hall–Kier alpha value is -0.570. The lowest BCUT2D eigenvalue weighted by molar-refractivity contribution is -0.146. The van der Waals surface area contributed by atoms with Crippen molar-refractivity contribution in [3.63, 3.8) is 0 Å². The SMILES string of the molecule is CCC(CN(C)CCC1CCC1)C(=O)OC. The first-order chi connectivity index (χ1) is 7.67. The summed E-state index contributed by atoms with van der Waals surface area (Å²) in [6.07, 6.45) is 6.37. The van der Waals surface area contributed by atoms with Crippen molar-refractivity contribution in [3.05, 3.63) is 0 Å². The maximum Gasteiger partial charge on any atom is 0.309 e. The van der Waals surface area contributed by atoms with Gasteiger partial charge in [0.2, 0.25) is 0 Å². The highest BCUT2D eigenvalue weighted by Crippen LogP contribution is 2.29. The molecule has 3 nitrogen and oxygen atoms in total. The molecule has 1 saturated carbocycles. The van der Waals surface area contributed by atoms with Gasteiger partial charge < -0.3 is 9.64 Å². The van der Waals surface area contributed by atoms with Crippen LogP contribution in [0.4, 0.5) is 0 Å². The van der Waals surface area contributed by atoms with Crippen molar-refractivity contribution in [3.8, 4) is 0 Å². The summed E-state index contributed by atoms with van der Waals surface area (Å²) in [4.78, 5) is 13.7. The molecule has 0 aromatic heterocycles. The van der Waals surface area contributed by atoms with E-state index < -0.39 is 0 Å². The third kappa shape index (κ3) is 4.12. The monoisotopic (exact) mass is 227 g/mol. The summed E-state index contributed by atoms with van der Waals surface area (Å²) in [6.45, 7) is 3.98. The zero-order chi connectivity index (χ0) is 12.0. The van der Waals surface area contributed by atoms with Crippen LogP contribution in [0.2, 0.25) is 0 Å². The number of rotatable bonds is 7. The van der Waals surface area contributed by atoms with E-state index in [0.717, 1.165) is 25.4 Å². The van der Waals surface area contributed by atoms with Gasteiger partial charge in [-0.1, -0.05) is 26.2 Å². The van der Waals surface area contributed by atoms with Gasteiger partial charge in [-0.05, 0) is 32.4 Å². The molecule has 1 unspecified atom stereocenters. The Kier molecular flexibility index (Phi) is 5.81. The number of nitrogens with zero attached hydrogens (tertiary/aromatic N) is 1. The Morgan fingerprint density at radius 2 is 2.19 bits per heavy atom. The van der Waals surface area contributed by atoms with E-state index in [1.54, 1.807) is 0 Å². The smallest absolute Gasteiger partial charge is 0.309 e. The maximum absolute atomic E-state index is 11.4. The minimum Gasteiger partial charge on any atom is -0.469 e. The first kappa shape index (κ1) is 13.5. The molecular weight excluding hydrogens is 202 g/mol. The van der Waals surface area contributed by atoms with E-state index >= 15 is 0 Å². The molecule has 0 saturated heterocycles. The molecule has 0 radical (unpaired) electrons. The van der Waals surface area contributed by atoms with Gasteiger partial charge in [0, 0.05) is 6.54 Å². The van der Waals surface area contributed by atoms with Gasteiger partial charge in [-0.25, -0.2) is 0 Å². The lowest BCUT2D eigenvalue weighted by Gasteiger charge is -2.28. The number of esters is 1. The Morgan fingerprint density at radius 1 is 1.50 bits per heavy atom. The first-order valence-electron chi connectivity index (χ1n) is 6.43. The summed E-state index contributed by atoms with van der Waals surface area (Å²) in [5, 5.41) is 0. The van der Waals surface area contributed by atoms with Gasteiger partial charge in [-0.15, -0.1) is 0 Å². The molecule has 94 valence electrons. The molecule has 1 fully saturated rings. The van der Waals surface area contributed by atoms with Gasteiger partial charge in [0.1, 0.15) is 0 Å². The van der Waals surface area contributed by atoms with Crippen LogP contribution in [0.25, 0.3) is 0 Å². The van der Waals surface area contributed by atoms with E-state index in [1.807, 2.05) is 6.92 Å². The Balaban J connectivity index is 2.19. The van der Waals surface area contributed by atoms with Crippen molar-refractivity contribution < 1.29 is 9.53 Å². The van der Waals surface area contributed by atoms with Gasteiger partial charge in [0.25, 0.3) is 0 Å². The van der Waals surface area contributed by atoms with Crippen LogP contribution in [0, 0.1) is 11.8 Å². The van der Waals surface area contributed by atoms with Crippen LogP contribution in [0.1, 0.15) is 39.0 Å². The number of carbonyl (C=O) groups excluding carboxylic acids is 1. The zero-order valence-electron chi connectivity index (χ0n) is 10.9. The Labute approximate surface area is 99.1 Å². The average molecular weight is 227 g/mol. The van der Waals surface area contributed by atoms with Crippen LogP contribution in [0.15, 0.2) is 0 Å². The molecule has 1 aliphatic rings. The second-order valence-corrected chi connectivity index (χ2v) is 4.98. The van der Waals surface area contributed by atoms with E-state index in [-0.39, 0.29) is 11.9 Å². The predicted octanol–water partition coefficient (Wildman–Crippen LogP) is 2.31. The second kappa shape index (κ2) is 6.89. The zero-order valence-corrected chi connectivity index (χ0v) is 10.9. The van der Waals surface area contributed by atoms with Crippen LogP contribution in [-0.2, 0) is 9.53 Å². The third-order valence-electron chi connectivity index (χ3n) is 3.70. The van der Waals surface area contributed by atoms with Crippen molar-refractivity contribution in [1.82, 2.24) is 4.90 Å². The molecule has 0 aliphatic heterocycles. The van der Waals surface area contributed by atoms with E-state index in [9.17, 15) is 4.79 Å². The topological polar surface area (TPSA) is 29.5 Å². The predicted molar refractivity (Wildman–Crippen MR) is 65.3 cm³/mol. The average Bonchev–Trinajstić information content (AvgIpc) is 2.22. The summed E-state index contributed by atoms with van der Waals surface area (Å²) in [5.41, 5.74) is 0. The van der Waals surface area contributed by atoms with E-state index in [4.69, 9.17) is 4.74 Å². The molecule has 0 N–H and O–H groups in total. The molecule has 0 aromatic rings. The number of methoxy groups -OCH3 is 1.